The summed E-state index contributed by atoms with van der Waals surface area (Å²) in [6.45, 7) is 3.70. The van der Waals surface area contributed by atoms with Gasteiger partial charge in [0.15, 0.2) is 11.5 Å². The van der Waals surface area contributed by atoms with E-state index in [1.807, 2.05) is 24.5 Å². The molecule has 2 aliphatic heterocycles. The predicted molar refractivity (Wildman–Crippen MR) is 152 cm³/mol. The van der Waals surface area contributed by atoms with Gasteiger partial charge in [0.05, 0.1) is 13.2 Å². The van der Waals surface area contributed by atoms with E-state index < -0.39 is 5.60 Å². The maximum atomic E-state index is 11.0. The van der Waals surface area contributed by atoms with Gasteiger partial charge in [-0.3, -0.25) is 4.90 Å². The van der Waals surface area contributed by atoms with E-state index in [1.165, 1.54) is 51.9 Å². The van der Waals surface area contributed by atoms with Gasteiger partial charge in [-0.1, -0.05) is 24.3 Å². The molecule has 1 aromatic heterocycles. The lowest BCUT2D eigenvalue weighted by Crippen LogP contribution is -2.81. The fourth-order valence-electron chi connectivity index (χ4n) is 10.2. The summed E-state index contributed by atoms with van der Waals surface area (Å²) >= 11 is 1.83. The van der Waals surface area contributed by atoms with Crippen LogP contribution in [0.25, 0.3) is 10.1 Å². The third-order valence-electron chi connectivity index (χ3n) is 11.8. The number of methoxy groups -OCH3 is 1. The molecule has 39 heavy (non-hydrogen) atoms. The van der Waals surface area contributed by atoms with Crippen LogP contribution in [0.4, 0.5) is 0 Å². The highest BCUT2D eigenvalue weighted by atomic mass is 32.1. The summed E-state index contributed by atoms with van der Waals surface area (Å²) in [5.74, 6) is 2.21. The minimum atomic E-state index is -0.398. The number of thiophene rings is 1. The van der Waals surface area contributed by atoms with E-state index in [4.69, 9.17) is 14.2 Å². The largest absolute Gasteiger partial charge is 0.504 e. The number of phenols is 1. The summed E-state index contributed by atoms with van der Waals surface area (Å²) < 4.78 is 21.4. The van der Waals surface area contributed by atoms with E-state index in [9.17, 15) is 5.11 Å². The van der Waals surface area contributed by atoms with Gasteiger partial charge in [-0.05, 0) is 86.6 Å². The fourth-order valence-corrected chi connectivity index (χ4v) is 11.2. The summed E-state index contributed by atoms with van der Waals surface area (Å²) in [6.07, 6.45) is 8.19. The quantitative estimate of drug-likeness (QED) is 0.393. The molecule has 0 radical (unpaired) electrons. The molecule has 204 valence electrons. The van der Waals surface area contributed by atoms with Gasteiger partial charge in [-0.25, -0.2) is 0 Å². The number of aromatic hydroxyl groups is 1. The lowest BCUT2D eigenvalue weighted by atomic mass is 9.35. The highest BCUT2D eigenvalue weighted by Crippen LogP contribution is 2.76. The van der Waals surface area contributed by atoms with E-state index in [0.29, 0.717) is 25.0 Å². The summed E-state index contributed by atoms with van der Waals surface area (Å²) in [7, 11) is 1.89. The van der Waals surface area contributed by atoms with Crippen LogP contribution in [-0.2, 0) is 27.9 Å². The second kappa shape index (κ2) is 8.00. The van der Waals surface area contributed by atoms with Crippen molar-refractivity contribution < 1.29 is 19.3 Å². The van der Waals surface area contributed by atoms with E-state index in [-0.39, 0.29) is 22.9 Å². The van der Waals surface area contributed by atoms with Gasteiger partial charge in [0.1, 0.15) is 11.7 Å². The number of hydrogen-bond acceptors (Lipinski definition) is 6. The van der Waals surface area contributed by atoms with Crippen molar-refractivity contribution in [3.05, 3.63) is 58.5 Å². The van der Waals surface area contributed by atoms with Crippen LogP contribution in [0.1, 0.15) is 54.5 Å². The molecule has 7 aliphatic rings. The number of hydrogen-bond donors (Lipinski definition) is 1. The first-order valence-electron chi connectivity index (χ1n) is 14.9. The van der Waals surface area contributed by atoms with Crippen molar-refractivity contribution in [3.63, 3.8) is 0 Å². The Hall–Kier alpha value is -2.12. The lowest BCUT2D eigenvalue weighted by Gasteiger charge is -2.74. The molecule has 5 fully saturated rings. The van der Waals surface area contributed by atoms with E-state index in [0.717, 1.165) is 43.9 Å². The van der Waals surface area contributed by atoms with E-state index >= 15 is 0 Å². The van der Waals surface area contributed by atoms with Crippen molar-refractivity contribution in [1.29, 1.82) is 0 Å². The lowest BCUT2D eigenvalue weighted by molar-refractivity contribution is -0.283. The number of phenolic OH excluding ortho intramolecular Hbond substituents is 1. The molecular weight excluding hydrogens is 506 g/mol. The van der Waals surface area contributed by atoms with Crippen molar-refractivity contribution in [3.8, 4) is 11.5 Å². The molecule has 3 aromatic rings. The molecule has 3 heterocycles. The first-order chi connectivity index (χ1) is 19.1. The molecule has 10 rings (SSSR count). The van der Waals surface area contributed by atoms with Crippen molar-refractivity contribution >= 4 is 21.4 Å². The third kappa shape index (κ3) is 2.91. The standard InChI is InChI=1S/C33H37NO4S/c1-36-33-11-10-31(16-23(33)18-37-19-24-14-21-4-2-3-5-26(21)39-24)27-15-22-8-9-25(35)29-28(22)32(31,30(33)38-29)12-13-34(27)17-20-6-7-20/h2-5,8-9,14,20,23,27,30,35H,6-7,10-13,15-19H2,1H3/t23?,27-,30-,31-,32+,33?/m1/s1. The number of piperidine rings is 1. The average molecular weight is 544 g/mol. The Morgan fingerprint density at radius 3 is 2.87 bits per heavy atom. The molecule has 2 spiro atoms. The normalized spacial score (nSPS) is 37.7. The van der Waals surface area contributed by atoms with E-state index in [1.54, 1.807) is 0 Å². The van der Waals surface area contributed by atoms with Gasteiger partial charge in [-0.2, -0.15) is 0 Å². The third-order valence-corrected chi connectivity index (χ3v) is 12.9. The Morgan fingerprint density at radius 2 is 2.03 bits per heavy atom. The Morgan fingerprint density at radius 1 is 1.13 bits per heavy atom. The average Bonchev–Trinajstić information content (AvgIpc) is 3.54. The van der Waals surface area contributed by atoms with Gasteiger partial charge < -0.3 is 19.3 Å². The van der Waals surface area contributed by atoms with Crippen LogP contribution in [-0.4, -0.2) is 54.6 Å². The number of benzene rings is 2. The summed E-state index contributed by atoms with van der Waals surface area (Å²) in [6, 6.07) is 15.4. The predicted octanol–water partition coefficient (Wildman–Crippen LogP) is 6.05. The smallest absolute Gasteiger partial charge is 0.165 e. The topological polar surface area (TPSA) is 51.2 Å². The van der Waals surface area contributed by atoms with Crippen molar-refractivity contribution in [2.75, 3.05) is 26.8 Å². The van der Waals surface area contributed by atoms with Crippen molar-refractivity contribution in [2.45, 2.75) is 74.7 Å². The number of nitrogens with zero attached hydrogens (tertiary/aromatic N) is 1. The summed E-state index contributed by atoms with van der Waals surface area (Å²) in [5.41, 5.74) is 2.40. The second-order valence-electron chi connectivity index (χ2n) is 13.3. The molecule has 1 N–H and O–H groups in total. The zero-order chi connectivity index (χ0) is 26.0. The molecule has 6 heteroatoms. The number of ether oxygens (including phenoxy) is 3. The number of rotatable bonds is 7. The van der Waals surface area contributed by atoms with Gasteiger partial charge in [0, 0.05) is 51.6 Å². The molecule has 0 amide bonds. The van der Waals surface area contributed by atoms with Gasteiger partial charge in [0.2, 0.25) is 0 Å². The maximum Gasteiger partial charge on any atom is 0.165 e. The summed E-state index contributed by atoms with van der Waals surface area (Å²) in [5, 5.41) is 12.3. The minimum absolute atomic E-state index is 0.0663. The van der Waals surface area contributed by atoms with Gasteiger partial charge in [0.25, 0.3) is 0 Å². The molecule has 5 nitrogen and oxygen atoms in total. The van der Waals surface area contributed by atoms with Crippen LogP contribution in [0.3, 0.4) is 0 Å². The molecule has 4 bridgehead atoms. The van der Waals surface area contributed by atoms with Gasteiger partial charge >= 0.3 is 0 Å². The Kier molecular flexibility index (Phi) is 4.83. The molecule has 4 saturated carbocycles. The Balaban J connectivity index is 1.10. The molecule has 1 saturated heterocycles. The minimum Gasteiger partial charge on any atom is -0.504 e. The Bertz CT molecular complexity index is 1450. The van der Waals surface area contributed by atoms with Crippen LogP contribution in [0.2, 0.25) is 0 Å². The Labute approximate surface area is 234 Å². The molecule has 2 aromatic carbocycles. The highest BCUT2D eigenvalue weighted by molar-refractivity contribution is 7.19. The van der Waals surface area contributed by atoms with Crippen LogP contribution >= 0.6 is 11.3 Å². The van der Waals surface area contributed by atoms with Gasteiger partial charge in [-0.15, -0.1) is 11.3 Å². The molecule has 2 unspecified atom stereocenters. The first-order valence-corrected chi connectivity index (χ1v) is 15.8. The fraction of sp³-hybridized carbons (Fsp3) is 0.576. The van der Waals surface area contributed by atoms with Crippen molar-refractivity contribution in [2.24, 2.45) is 17.3 Å². The maximum absolute atomic E-state index is 11.0. The molecular formula is C33H37NO4S. The molecule has 5 aliphatic carbocycles. The van der Waals surface area contributed by atoms with E-state index in [2.05, 4.69) is 41.3 Å². The molecule has 6 atom stereocenters. The zero-order valence-electron chi connectivity index (χ0n) is 22.7. The SMILES string of the molecule is COC12CC[C@@]3(CC1COCc1cc4ccccc4s1)[C@H]1Cc4ccc(O)c5c4[C@@]3(CCN1CC1CC1)[C@H]2O5. The van der Waals surface area contributed by atoms with Crippen LogP contribution < -0.4 is 4.74 Å². The zero-order valence-corrected chi connectivity index (χ0v) is 23.5. The van der Waals surface area contributed by atoms with Crippen LogP contribution in [0, 0.1) is 17.3 Å². The van der Waals surface area contributed by atoms with Crippen molar-refractivity contribution in [1.82, 2.24) is 4.90 Å². The summed E-state index contributed by atoms with van der Waals surface area (Å²) in [4.78, 5) is 4.15. The number of fused-ring (bicyclic) bond motifs is 3. The highest BCUT2D eigenvalue weighted by Gasteiger charge is 2.80. The number of likely N-dealkylation sites (tertiary alicyclic amines) is 1. The van der Waals surface area contributed by atoms with Crippen LogP contribution in [0.5, 0.6) is 11.5 Å². The first kappa shape index (κ1) is 23.6. The second-order valence-corrected chi connectivity index (χ2v) is 14.5. The monoisotopic (exact) mass is 543 g/mol. The van der Waals surface area contributed by atoms with Crippen LogP contribution in [0.15, 0.2) is 42.5 Å².